The van der Waals surface area contributed by atoms with Gasteiger partial charge < -0.3 is 15.1 Å². The van der Waals surface area contributed by atoms with E-state index in [1.54, 1.807) is 23.1 Å². The Bertz CT molecular complexity index is 643. The SMILES string of the molecule is NC1CC(=O)N(c2ccc3[nH]c(=O)oc3c2)C1. The Hall–Kier alpha value is -2.08. The Morgan fingerprint density at radius 2 is 2.24 bits per heavy atom. The fourth-order valence-corrected chi connectivity index (χ4v) is 2.09. The van der Waals surface area contributed by atoms with Gasteiger partial charge in [-0.25, -0.2) is 4.79 Å². The molecule has 1 aromatic heterocycles. The molecule has 88 valence electrons. The lowest BCUT2D eigenvalue weighted by Gasteiger charge is -2.15. The van der Waals surface area contributed by atoms with E-state index >= 15 is 0 Å². The fourth-order valence-electron chi connectivity index (χ4n) is 2.09. The van der Waals surface area contributed by atoms with Crippen LogP contribution >= 0.6 is 0 Å². The maximum absolute atomic E-state index is 11.7. The molecule has 2 aromatic rings. The summed E-state index contributed by atoms with van der Waals surface area (Å²) in [6.45, 7) is 0.499. The molecule has 1 saturated heterocycles. The van der Waals surface area contributed by atoms with Crippen molar-refractivity contribution in [3.8, 4) is 0 Å². The molecule has 0 aliphatic carbocycles. The van der Waals surface area contributed by atoms with Gasteiger partial charge in [0, 0.05) is 30.8 Å². The first-order valence-corrected chi connectivity index (χ1v) is 5.32. The molecule has 0 spiro atoms. The van der Waals surface area contributed by atoms with Crippen LogP contribution in [0.5, 0.6) is 0 Å². The summed E-state index contributed by atoms with van der Waals surface area (Å²) in [5.41, 5.74) is 7.50. The maximum Gasteiger partial charge on any atom is 0.417 e. The molecule has 1 aliphatic heterocycles. The number of aromatic nitrogens is 1. The lowest BCUT2D eigenvalue weighted by atomic mass is 10.2. The molecular formula is C11H11N3O3. The minimum absolute atomic E-state index is 0.00488. The van der Waals surface area contributed by atoms with Gasteiger partial charge in [0.2, 0.25) is 5.91 Å². The van der Waals surface area contributed by atoms with Crippen LogP contribution in [-0.2, 0) is 4.79 Å². The van der Waals surface area contributed by atoms with Crippen molar-refractivity contribution in [1.82, 2.24) is 4.98 Å². The van der Waals surface area contributed by atoms with Crippen LogP contribution in [0.1, 0.15) is 6.42 Å². The average molecular weight is 233 g/mol. The topological polar surface area (TPSA) is 92.3 Å². The van der Waals surface area contributed by atoms with E-state index in [2.05, 4.69) is 4.98 Å². The van der Waals surface area contributed by atoms with E-state index in [-0.39, 0.29) is 11.9 Å². The zero-order valence-corrected chi connectivity index (χ0v) is 8.97. The van der Waals surface area contributed by atoms with E-state index in [0.717, 1.165) is 0 Å². The number of benzene rings is 1. The number of carbonyl (C=O) groups excluding carboxylic acids is 1. The van der Waals surface area contributed by atoms with Gasteiger partial charge in [0.1, 0.15) is 0 Å². The number of hydrogen-bond acceptors (Lipinski definition) is 4. The quantitative estimate of drug-likeness (QED) is 0.735. The number of nitrogens with zero attached hydrogens (tertiary/aromatic N) is 1. The monoisotopic (exact) mass is 233 g/mol. The minimum atomic E-state index is -0.499. The first-order chi connectivity index (χ1) is 8.13. The largest absolute Gasteiger partial charge is 0.417 e. The van der Waals surface area contributed by atoms with Crippen LogP contribution in [0, 0.1) is 0 Å². The number of aromatic amines is 1. The van der Waals surface area contributed by atoms with E-state index in [4.69, 9.17) is 10.2 Å². The summed E-state index contributed by atoms with van der Waals surface area (Å²) in [6.07, 6.45) is 0.356. The number of nitrogens with one attached hydrogen (secondary N) is 1. The maximum atomic E-state index is 11.7. The van der Waals surface area contributed by atoms with E-state index in [0.29, 0.717) is 29.8 Å². The second kappa shape index (κ2) is 3.46. The van der Waals surface area contributed by atoms with Gasteiger partial charge in [-0.05, 0) is 12.1 Å². The lowest BCUT2D eigenvalue weighted by Crippen LogP contribution is -2.27. The van der Waals surface area contributed by atoms with Crippen molar-refractivity contribution >= 4 is 22.7 Å². The van der Waals surface area contributed by atoms with Crippen molar-refractivity contribution in [2.45, 2.75) is 12.5 Å². The fraction of sp³-hybridized carbons (Fsp3) is 0.273. The molecule has 0 saturated carbocycles. The summed E-state index contributed by atoms with van der Waals surface area (Å²) < 4.78 is 4.95. The molecule has 1 atom stereocenters. The zero-order chi connectivity index (χ0) is 12.0. The van der Waals surface area contributed by atoms with Crippen molar-refractivity contribution in [2.75, 3.05) is 11.4 Å². The second-order valence-corrected chi connectivity index (χ2v) is 4.16. The van der Waals surface area contributed by atoms with Crippen LogP contribution < -0.4 is 16.4 Å². The number of rotatable bonds is 1. The zero-order valence-electron chi connectivity index (χ0n) is 8.97. The van der Waals surface area contributed by atoms with Crippen molar-refractivity contribution in [3.63, 3.8) is 0 Å². The second-order valence-electron chi connectivity index (χ2n) is 4.16. The average Bonchev–Trinajstić information content (AvgIpc) is 2.78. The molecule has 1 fully saturated rings. The van der Waals surface area contributed by atoms with Crippen LogP contribution in [-0.4, -0.2) is 23.5 Å². The summed E-state index contributed by atoms with van der Waals surface area (Å²) in [5, 5.41) is 0. The van der Waals surface area contributed by atoms with Crippen molar-refractivity contribution < 1.29 is 9.21 Å². The van der Waals surface area contributed by atoms with Gasteiger partial charge in [0.15, 0.2) is 5.58 Å². The Labute approximate surface area is 96.0 Å². The van der Waals surface area contributed by atoms with Gasteiger partial charge in [-0.3, -0.25) is 9.78 Å². The van der Waals surface area contributed by atoms with Gasteiger partial charge >= 0.3 is 5.76 Å². The highest BCUT2D eigenvalue weighted by atomic mass is 16.4. The molecule has 2 heterocycles. The summed E-state index contributed by atoms with van der Waals surface area (Å²) in [5.74, 6) is -0.503. The molecule has 6 nitrogen and oxygen atoms in total. The lowest BCUT2D eigenvalue weighted by molar-refractivity contribution is -0.117. The van der Waals surface area contributed by atoms with Crippen molar-refractivity contribution in [3.05, 3.63) is 28.7 Å². The predicted molar refractivity (Wildman–Crippen MR) is 61.8 cm³/mol. The van der Waals surface area contributed by atoms with E-state index in [9.17, 15) is 9.59 Å². The Morgan fingerprint density at radius 1 is 1.41 bits per heavy atom. The highest BCUT2D eigenvalue weighted by Gasteiger charge is 2.28. The summed E-state index contributed by atoms with van der Waals surface area (Å²) in [4.78, 5) is 26.8. The molecule has 0 radical (unpaired) electrons. The molecule has 1 unspecified atom stereocenters. The predicted octanol–water partition coefficient (Wildman–Crippen LogP) is 0.185. The normalized spacial score (nSPS) is 20.4. The third-order valence-corrected chi connectivity index (χ3v) is 2.87. The highest BCUT2D eigenvalue weighted by molar-refractivity contribution is 5.97. The van der Waals surface area contributed by atoms with Crippen molar-refractivity contribution in [1.29, 1.82) is 0 Å². The number of carbonyl (C=O) groups is 1. The number of oxazole rings is 1. The van der Waals surface area contributed by atoms with Gasteiger partial charge in [0.05, 0.1) is 5.52 Å². The summed E-state index contributed by atoms with van der Waals surface area (Å²) in [6, 6.07) is 5.02. The Morgan fingerprint density at radius 3 is 2.94 bits per heavy atom. The van der Waals surface area contributed by atoms with Gasteiger partial charge in [-0.2, -0.15) is 0 Å². The van der Waals surface area contributed by atoms with E-state index in [1.165, 1.54) is 0 Å². The Balaban J connectivity index is 2.06. The summed E-state index contributed by atoms with van der Waals surface area (Å²) in [7, 11) is 0. The van der Waals surface area contributed by atoms with E-state index < -0.39 is 5.76 Å². The number of hydrogen-bond donors (Lipinski definition) is 2. The third kappa shape index (κ3) is 1.62. The molecular weight excluding hydrogens is 222 g/mol. The first-order valence-electron chi connectivity index (χ1n) is 5.32. The van der Waals surface area contributed by atoms with E-state index in [1.807, 2.05) is 0 Å². The molecule has 1 amide bonds. The molecule has 3 rings (SSSR count). The molecule has 0 bridgehead atoms. The highest BCUT2D eigenvalue weighted by Crippen LogP contribution is 2.24. The van der Waals surface area contributed by atoms with Crippen LogP contribution in [0.3, 0.4) is 0 Å². The Kier molecular flexibility index (Phi) is 2.05. The van der Waals surface area contributed by atoms with Gasteiger partial charge in [-0.15, -0.1) is 0 Å². The molecule has 1 aliphatic rings. The molecule has 17 heavy (non-hydrogen) atoms. The van der Waals surface area contributed by atoms with Crippen molar-refractivity contribution in [2.24, 2.45) is 5.73 Å². The third-order valence-electron chi connectivity index (χ3n) is 2.87. The number of anilines is 1. The number of nitrogens with two attached hydrogens (primary N) is 1. The number of H-pyrrole nitrogens is 1. The molecule has 3 N–H and O–H groups in total. The van der Waals surface area contributed by atoms with Gasteiger partial charge in [-0.1, -0.05) is 0 Å². The smallest absolute Gasteiger partial charge is 0.408 e. The van der Waals surface area contributed by atoms with Crippen LogP contribution in [0.2, 0.25) is 0 Å². The number of amides is 1. The van der Waals surface area contributed by atoms with Crippen LogP contribution in [0.15, 0.2) is 27.4 Å². The van der Waals surface area contributed by atoms with Crippen LogP contribution in [0.4, 0.5) is 5.69 Å². The summed E-state index contributed by atoms with van der Waals surface area (Å²) >= 11 is 0. The molecule has 1 aromatic carbocycles. The van der Waals surface area contributed by atoms with Crippen LogP contribution in [0.25, 0.3) is 11.1 Å². The minimum Gasteiger partial charge on any atom is -0.408 e. The standard InChI is InChI=1S/C11H11N3O3/c12-6-3-10(15)14(5-6)7-1-2-8-9(4-7)17-11(16)13-8/h1-2,4,6H,3,5,12H2,(H,13,16). The first kappa shape index (κ1) is 10.1. The van der Waals surface area contributed by atoms with Gasteiger partial charge in [0.25, 0.3) is 0 Å². The molecule has 6 heteroatoms. The number of fused-ring (bicyclic) bond motifs is 1.